The number of unbranched alkanes of at least 4 members (excludes halogenated alkanes) is 1. The number of benzene rings is 1. The lowest BCUT2D eigenvalue weighted by Gasteiger charge is -2.12. The van der Waals surface area contributed by atoms with Crippen molar-refractivity contribution < 1.29 is 19.1 Å². The molecule has 128 valence electrons. The number of hydrogen-bond donors (Lipinski definition) is 2. The van der Waals surface area contributed by atoms with Gasteiger partial charge >= 0.3 is 5.97 Å². The molecule has 6 nitrogen and oxygen atoms in total. The van der Waals surface area contributed by atoms with Crippen molar-refractivity contribution in [2.75, 3.05) is 0 Å². The van der Waals surface area contributed by atoms with E-state index >= 15 is 0 Å². The van der Waals surface area contributed by atoms with Crippen LogP contribution < -0.4 is 5.32 Å². The summed E-state index contributed by atoms with van der Waals surface area (Å²) in [5.41, 5.74) is 0.558. The second-order valence-corrected chi connectivity index (χ2v) is 5.99. The lowest BCUT2D eigenvalue weighted by Crippen LogP contribution is -2.40. The third kappa shape index (κ3) is 4.49. The molecule has 0 bridgehead atoms. The Morgan fingerprint density at radius 1 is 1.33 bits per heavy atom. The quantitative estimate of drug-likeness (QED) is 0.767. The van der Waals surface area contributed by atoms with Crippen molar-refractivity contribution in [3.63, 3.8) is 0 Å². The highest BCUT2D eigenvalue weighted by molar-refractivity contribution is 6.42. The van der Waals surface area contributed by atoms with E-state index in [0.717, 1.165) is 6.42 Å². The fourth-order valence-corrected chi connectivity index (χ4v) is 2.34. The number of carbonyl (C=O) groups excluding carboxylic acids is 1. The molecule has 2 aromatic rings. The van der Waals surface area contributed by atoms with Gasteiger partial charge in [0.05, 0.1) is 10.0 Å². The average molecular weight is 371 g/mol. The summed E-state index contributed by atoms with van der Waals surface area (Å²) in [5.74, 6) is -1.49. The maximum atomic E-state index is 12.1. The van der Waals surface area contributed by atoms with E-state index in [9.17, 15) is 9.59 Å². The van der Waals surface area contributed by atoms with Crippen molar-refractivity contribution in [1.29, 1.82) is 0 Å². The van der Waals surface area contributed by atoms with Crippen LogP contribution in [0.5, 0.6) is 0 Å². The highest BCUT2D eigenvalue weighted by Crippen LogP contribution is 2.28. The van der Waals surface area contributed by atoms with Crippen LogP contribution in [0.2, 0.25) is 10.0 Å². The molecule has 1 aromatic carbocycles. The van der Waals surface area contributed by atoms with Gasteiger partial charge in [-0.05, 0) is 24.6 Å². The molecule has 1 unspecified atom stereocenters. The second-order valence-electron chi connectivity index (χ2n) is 5.17. The first kappa shape index (κ1) is 18.3. The fraction of sp³-hybridized carbons (Fsp3) is 0.312. The number of nitrogens with one attached hydrogen (secondary N) is 1. The fourth-order valence-electron chi connectivity index (χ4n) is 2.04. The van der Waals surface area contributed by atoms with Crippen LogP contribution in [0.15, 0.2) is 28.9 Å². The SMILES string of the molecule is CCCCC(NC(=O)c1coc(-c2ccc(Cl)c(Cl)c2)n1)C(=O)O. The number of carboxylic acids is 1. The summed E-state index contributed by atoms with van der Waals surface area (Å²) in [6, 6.07) is 3.86. The molecule has 0 fully saturated rings. The number of carbonyl (C=O) groups is 2. The zero-order valence-electron chi connectivity index (χ0n) is 12.9. The van der Waals surface area contributed by atoms with Crippen LogP contribution in [0.4, 0.5) is 0 Å². The van der Waals surface area contributed by atoms with Crippen LogP contribution in [0, 0.1) is 0 Å². The zero-order chi connectivity index (χ0) is 17.7. The van der Waals surface area contributed by atoms with Crippen LogP contribution in [-0.2, 0) is 4.79 Å². The molecule has 1 amide bonds. The number of aromatic nitrogens is 1. The van der Waals surface area contributed by atoms with Crippen molar-refractivity contribution in [2.45, 2.75) is 32.2 Å². The number of carboxylic acid groups (broad SMARTS) is 1. The number of halogens is 2. The van der Waals surface area contributed by atoms with E-state index in [1.165, 1.54) is 6.26 Å². The van der Waals surface area contributed by atoms with Crippen molar-refractivity contribution in [1.82, 2.24) is 10.3 Å². The van der Waals surface area contributed by atoms with Crippen LogP contribution in [-0.4, -0.2) is 28.0 Å². The number of rotatable bonds is 7. The van der Waals surface area contributed by atoms with Crippen LogP contribution >= 0.6 is 23.2 Å². The highest BCUT2D eigenvalue weighted by atomic mass is 35.5. The summed E-state index contributed by atoms with van der Waals surface area (Å²) in [7, 11) is 0. The van der Waals surface area contributed by atoms with E-state index < -0.39 is 17.9 Å². The summed E-state index contributed by atoms with van der Waals surface area (Å²) >= 11 is 11.8. The van der Waals surface area contributed by atoms with E-state index in [2.05, 4.69) is 10.3 Å². The summed E-state index contributed by atoms with van der Waals surface area (Å²) in [6.45, 7) is 1.95. The standard InChI is InChI=1S/C16H16Cl2N2O4/c1-2-3-4-12(16(22)23)19-14(21)13-8-24-15(20-13)9-5-6-10(17)11(18)7-9/h5-8,12H,2-4H2,1H3,(H,19,21)(H,22,23). The first-order valence-electron chi connectivity index (χ1n) is 7.37. The Bertz CT molecular complexity index is 745. The van der Waals surface area contributed by atoms with Crippen LogP contribution in [0.3, 0.4) is 0 Å². The largest absolute Gasteiger partial charge is 0.480 e. The van der Waals surface area contributed by atoms with Gasteiger partial charge in [0.1, 0.15) is 12.3 Å². The predicted octanol–water partition coefficient (Wildman–Crippen LogP) is 4.02. The van der Waals surface area contributed by atoms with Gasteiger partial charge in [-0.3, -0.25) is 4.79 Å². The summed E-state index contributed by atoms with van der Waals surface area (Å²) in [4.78, 5) is 27.4. The molecule has 1 heterocycles. The third-order valence-corrected chi connectivity index (χ3v) is 4.09. The Kier molecular flexibility index (Phi) is 6.23. The molecule has 0 aliphatic heterocycles. The van der Waals surface area contributed by atoms with Gasteiger partial charge in [0.15, 0.2) is 5.69 Å². The Morgan fingerprint density at radius 3 is 2.71 bits per heavy atom. The monoisotopic (exact) mass is 370 g/mol. The molecular weight excluding hydrogens is 355 g/mol. The first-order chi connectivity index (χ1) is 11.4. The van der Waals surface area contributed by atoms with Gasteiger partial charge in [-0.2, -0.15) is 0 Å². The molecule has 2 rings (SSSR count). The Labute approximate surface area is 148 Å². The summed E-state index contributed by atoms with van der Waals surface area (Å²) < 4.78 is 5.27. The Hall–Kier alpha value is -2.05. The first-order valence-corrected chi connectivity index (χ1v) is 8.12. The van der Waals surface area contributed by atoms with Gasteiger partial charge in [0, 0.05) is 5.56 Å². The minimum atomic E-state index is -1.08. The van der Waals surface area contributed by atoms with E-state index in [-0.39, 0.29) is 11.6 Å². The molecule has 8 heteroatoms. The molecule has 0 saturated heterocycles. The van der Waals surface area contributed by atoms with E-state index in [0.29, 0.717) is 28.5 Å². The lowest BCUT2D eigenvalue weighted by atomic mass is 10.1. The van der Waals surface area contributed by atoms with Crippen molar-refractivity contribution in [3.05, 3.63) is 40.2 Å². The Balaban J connectivity index is 2.12. The topological polar surface area (TPSA) is 92.4 Å². The van der Waals surface area contributed by atoms with Gasteiger partial charge in [-0.15, -0.1) is 0 Å². The molecule has 0 saturated carbocycles. The van der Waals surface area contributed by atoms with Crippen LogP contribution in [0.25, 0.3) is 11.5 Å². The minimum Gasteiger partial charge on any atom is -0.480 e. The average Bonchev–Trinajstić information content (AvgIpc) is 3.03. The molecule has 1 atom stereocenters. The lowest BCUT2D eigenvalue weighted by molar-refractivity contribution is -0.139. The number of oxazole rings is 1. The number of nitrogens with zero attached hydrogens (tertiary/aromatic N) is 1. The molecule has 0 radical (unpaired) electrons. The predicted molar refractivity (Wildman–Crippen MR) is 90.4 cm³/mol. The van der Waals surface area contributed by atoms with Gasteiger partial charge in [-0.1, -0.05) is 43.0 Å². The molecule has 24 heavy (non-hydrogen) atoms. The van der Waals surface area contributed by atoms with E-state index in [1.807, 2.05) is 6.92 Å². The normalized spacial score (nSPS) is 12.0. The molecular formula is C16H16Cl2N2O4. The van der Waals surface area contributed by atoms with Gasteiger partial charge in [0.2, 0.25) is 5.89 Å². The van der Waals surface area contributed by atoms with E-state index in [1.54, 1.807) is 18.2 Å². The minimum absolute atomic E-state index is 0.00109. The molecule has 0 aliphatic carbocycles. The number of aliphatic carboxylic acids is 1. The van der Waals surface area contributed by atoms with Gasteiger partial charge in [-0.25, -0.2) is 9.78 Å². The molecule has 0 spiro atoms. The highest BCUT2D eigenvalue weighted by Gasteiger charge is 2.22. The maximum Gasteiger partial charge on any atom is 0.326 e. The van der Waals surface area contributed by atoms with E-state index in [4.69, 9.17) is 32.7 Å². The zero-order valence-corrected chi connectivity index (χ0v) is 14.4. The summed E-state index contributed by atoms with van der Waals surface area (Å²) in [5, 5.41) is 12.3. The number of hydrogen-bond acceptors (Lipinski definition) is 4. The van der Waals surface area contributed by atoms with Crippen molar-refractivity contribution >= 4 is 35.1 Å². The van der Waals surface area contributed by atoms with Gasteiger partial charge < -0.3 is 14.8 Å². The van der Waals surface area contributed by atoms with Gasteiger partial charge in [0.25, 0.3) is 5.91 Å². The Morgan fingerprint density at radius 2 is 2.08 bits per heavy atom. The molecule has 1 aromatic heterocycles. The second kappa shape index (κ2) is 8.17. The van der Waals surface area contributed by atoms with Crippen molar-refractivity contribution in [2.24, 2.45) is 0 Å². The summed E-state index contributed by atoms with van der Waals surface area (Å²) in [6.07, 6.45) is 3.07. The van der Waals surface area contributed by atoms with Crippen LogP contribution in [0.1, 0.15) is 36.7 Å². The molecule has 2 N–H and O–H groups in total. The maximum absolute atomic E-state index is 12.1. The third-order valence-electron chi connectivity index (χ3n) is 3.35. The van der Waals surface area contributed by atoms with Crippen molar-refractivity contribution in [3.8, 4) is 11.5 Å². The smallest absolute Gasteiger partial charge is 0.326 e. The molecule has 0 aliphatic rings. The number of amides is 1.